The molecule has 1 N–H and O–H groups in total. The average Bonchev–Trinajstić information content (AvgIpc) is 3.34. The third kappa shape index (κ3) is 3.51. The molecule has 0 aliphatic carbocycles. The zero-order valence-corrected chi connectivity index (χ0v) is 17.0. The lowest BCUT2D eigenvalue weighted by atomic mass is 10.0. The maximum atomic E-state index is 13.2. The van der Waals surface area contributed by atoms with Crippen LogP contribution in [-0.4, -0.2) is 30.5 Å². The van der Waals surface area contributed by atoms with Crippen molar-refractivity contribution < 1.29 is 4.79 Å². The molecule has 29 heavy (non-hydrogen) atoms. The summed E-state index contributed by atoms with van der Waals surface area (Å²) in [7, 11) is 1.90. The lowest BCUT2D eigenvalue weighted by Gasteiger charge is -2.15. The zero-order valence-electron chi connectivity index (χ0n) is 17.0. The van der Waals surface area contributed by atoms with E-state index in [0.717, 1.165) is 40.0 Å². The van der Waals surface area contributed by atoms with Crippen molar-refractivity contribution in [2.75, 3.05) is 0 Å². The number of para-hydroxylation sites is 1. The van der Waals surface area contributed by atoms with Gasteiger partial charge in [-0.15, -0.1) is 0 Å². The molecule has 1 atom stereocenters. The van der Waals surface area contributed by atoms with E-state index in [-0.39, 0.29) is 11.9 Å². The Hall–Kier alpha value is -3.48. The van der Waals surface area contributed by atoms with Crippen molar-refractivity contribution in [3.63, 3.8) is 0 Å². The van der Waals surface area contributed by atoms with Crippen LogP contribution in [0.4, 0.5) is 0 Å². The number of hydrogen-bond acceptors (Lipinski definition) is 4. The molecule has 148 valence electrons. The third-order valence-electron chi connectivity index (χ3n) is 5.30. The number of rotatable bonds is 5. The maximum Gasteiger partial charge on any atom is 0.252 e. The first kappa shape index (κ1) is 18.9. The van der Waals surface area contributed by atoms with Gasteiger partial charge < -0.3 is 5.32 Å². The van der Waals surface area contributed by atoms with E-state index >= 15 is 0 Å². The summed E-state index contributed by atoms with van der Waals surface area (Å²) in [5, 5.41) is 12.5. The summed E-state index contributed by atoms with van der Waals surface area (Å²) in [6.07, 6.45) is 5.53. The summed E-state index contributed by atoms with van der Waals surface area (Å²) < 4.78 is 3.66. The molecule has 0 aliphatic rings. The molecule has 3 heterocycles. The van der Waals surface area contributed by atoms with E-state index in [1.54, 1.807) is 12.4 Å². The minimum absolute atomic E-state index is 0.136. The lowest BCUT2D eigenvalue weighted by molar-refractivity contribution is 0.0941. The Kier molecular flexibility index (Phi) is 4.88. The van der Waals surface area contributed by atoms with Gasteiger partial charge >= 0.3 is 0 Å². The molecule has 7 nitrogen and oxygen atoms in total. The fourth-order valence-corrected chi connectivity index (χ4v) is 3.47. The van der Waals surface area contributed by atoms with E-state index < -0.39 is 0 Å². The normalized spacial score (nSPS) is 12.3. The number of fused-ring (bicyclic) bond motifs is 1. The van der Waals surface area contributed by atoms with Gasteiger partial charge in [0.25, 0.3) is 5.91 Å². The molecule has 0 saturated carbocycles. The Morgan fingerprint density at radius 1 is 1.21 bits per heavy atom. The van der Waals surface area contributed by atoms with E-state index in [0.29, 0.717) is 5.56 Å². The monoisotopic (exact) mass is 388 g/mol. The molecule has 1 aromatic carbocycles. The van der Waals surface area contributed by atoms with Gasteiger partial charge in [-0.2, -0.15) is 10.2 Å². The number of amides is 1. The Bertz CT molecular complexity index is 1190. The molecule has 0 radical (unpaired) electrons. The predicted octanol–water partition coefficient (Wildman–Crippen LogP) is 3.65. The van der Waals surface area contributed by atoms with Gasteiger partial charge in [-0.1, -0.05) is 18.2 Å². The number of aromatic nitrogens is 5. The van der Waals surface area contributed by atoms with Crippen molar-refractivity contribution >= 4 is 16.8 Å². The molecule has 0 saturated heterocycles. The van der Waals surface area contributed by atoms with E-state index in [2.05, 4.69) is 15.5 Å². The lowest BCUT2D eigenvalue weighted by Crippen LogP contribution is -2.27. The highest BCUT2D eigenvalue weighted by molar-refractivity contribution is 6.07. The first-order valence-electron chi connectivity index (χ1n) is 9.70. The summed E-state index contributed by atoms with van der Waals surface area (Å²) in [4.78, 5) is 18.0. The largest absolute Gasteiger partial charge is 0.345 e. The predicted molar refractivity (Wildman–Crippen MR) is 112 cm³/mol. The standard InChI is InChI=1S/C22H24N6O/c1-5-28-13-16(11-24-28)21-10-18(17-8-6-7-9-20(17)26-21)22(29)25-14(2)19-12-23-27(4)15(19)3/h6-14H,5H2,1-4H3,(H,25,29)/t14-/m1/s1. The van der Waals surface area contributed by atoms with Gasteiger partial charge in [0.05, 0.1) is 35.2 Å². The molecule has 7 heteroatoms. The maximum absolute atomic E-state index is 13.2. The van der Waals surface area contributed by atoms with E-state index in [1.807, 2.05) is 73.7 Å². The third-order valence-corrected chi connectivity index (χ3v) is 5.30. The Balaban J connectivity index is 1.73. The van der Waals surface area contributed by atoms with Crippen molar-refractivity contribution in [3.05, 3.63) is 65.7 Å². The molecule has 4 rings (SSSR count). The molecular weight excluding hydrogens is 364 g/mol. The number of carbonyl (C=O) groups excluding carboxylic acids is 1. The van der Waals surface area contributed by atoms with E-state index in [4.69, 9.17) is 4.98 Å². The number of carbonyl (C=O) groups is 1. The number of pyridine rings is 1. The molecular formula is C22H24N6O. The Morgan fingerprint density at radius 3 is 2.69 bits per heavy atom. The molecule has 0 bridgehead atoms. The Morgan fingerprint density at radius 2 is 2.00 bits per heavy atom. The fourth-order valence-electron chi connectivity index (χ4n) is 3.47. The van der Waals surface area contributed by atoms with Gasteiger partial charge in [0.2, 0.25) is 0 Å². The first-order valence-corrected chi connectivity index (χ1v) is 9.70. The zero-order chi connectivity index (χ0) is 20.5. The van der Waals surface area contributed by atoms with Crippen LogP contribution in [0.3, 0.4) is 0 Å². The van der Waals surface area contributed by atoms with Crippen LogP contribution in [0.1, 0.15) is 41.5 Å². The number of benzene rings is 1. The van der Waals surface area contributed by atoms with Crippen molar-refractivity contribution in [3.8, 4) is 11.3 Å². The number of hydrogen-bond donors (Lipinski definition) is 1. The molecule has 0 unspecified atom stereocenters. The number of nitrogens with one attached hydrogen (secondary N) is 1. The van der Waals surface area contributed by atoms with Crippen LogP contribution in [0, 0.1) is 6.92 Å². The van der Waals surface area contributed by atoms with Gasteiger partial charge in [-0.3, -0.25) is 14.2 Å². The summed E-state index contributed by atoms with van der Waals surface area (Å²) in [5.74, 6) is -0.136. The van der Waals surface area contributed by atoms with Crippen molar-refractivity contribution in [1.82, 2.24) is 29.9 Å². The van der Waals surface area contributed by atoms with Crippen LogP contribution < -0.4 is 5.32 Å². The van der Waals surface area contributed by atoms with Crippen LogP contribution in [0.5, 0.6) is 0 Å². The van der Waals surface area contributed by atoms with Crippen molar-refractivity contribution in [2.24, 2.45) is 7.05 Å². The second-order valence-electron chi connectivity index (χ2n) is 7.16. The highest BCUT2D eigenvalue weighted by Gasteiger charge is 2.19. The molecule has 0 fully saturated rings. The van der Waals surface area contributed by atoms with Crippen molar-refractivity contribution in [2.45, 2.75) is 33.4 Å². The van der Waals surface area contributed by atoms with Gasteiger partial charge in [0, 0.05) is 42.0 Å². The van der Waals surface area contributed by atoms with Crippen molar-refractivity contribution in [1.29, 1.82) is 0 Å². The van der Waals surface area contributed by atoms with Gasteiger partial charge in [-0.05, 0) is 32.9 Å². The fraction of sp³-hybridized carbons (Fsp3) is 0.273. The van der Waals surface area contributed by atoms with Crippen LogP contribution in [0.15, 0.2) is 48.9 Å². The minimum Gasteiger partial charge on any atom is -0.345 e. The SMILES string of the molecule is CCn1cc(-c2cc(C(=O)N[C@H](C)c3cnn(C)c3C)c3ccccc3n2)cn1. The number of aryl methyl sites for hydroxylation is 2. The molecule has 3 aromatic heterocycles. The first-order chi connectivity index (χ1) is 14.0. The molecule has 0 aliphatic heterocycles. The summed E-state index contributed by atoms with van der Waals surface area (Å²) in [6, 6.07) is 9.39. The van der Waals surface area contributed by atoms with Crippen LogP contribution in [-0.2, 0) is 13.6 Å². The highest BCUT2D eigenvalue weighted by Crippen LogP contribution is 2.25. The quantitative estimate of drug-likeness (QED) is 0.566. The number of nitrogens with zero attached hydrogens (tertiary/aromatic N) is 5. The highest BCUT2D eigenvalue weighted by atomic mass is 16.1. The summed E-state index contributed by atoms with van der Waals surface area (Å²) in [5.41, 5.74) is 5.04. The molecule has 4 aromatic rings. The second kappa shape index (κ2) is 7.50. The topological polar surface area (TPSA) is 77.6 Å². The van der Waals surface area contributed by atoms with Gasteiger partial charge in [0.1, 0.15) is 0 Å². The molecule has 1 amide bonds. The summed E-state index contributed by atoms with van der Waals surface area (Å²) >= 11 is 0. The van der Waals surface area contributed by atoms with Gasteiger partial charge in [0.15, 0.2) is 0 Å². The minimum atomic E-state index is -0.158. The second-order valence-corrected chi connectivity index (χ2v) is 7.16. The average molecular weight is 388 g/mol. The van der Waals surface area contributed by atoms with E-state index in [9.17, 15) is 4.79 Å². The smallest absolute Gasteiger partial charge is 0.252 e. The summed E-state index contributed by atoms with van der Waals surface area (Å²) in [6.45, 7) is 6.78. The van der Waals surface area contributed by atoms with Crippen LogP contribution in [0.2, 0.25) is 0 Å². The van der Waals surface area contributed by atoms with E-state index in [1.165, 1.54) is 0 Å². The van der Waals surface area contributed by atoms with Gasteiger partial charge in [-0.25, -0.2) is 4.98 Å². The van der Waals surface area contributed by atoms with Crippen LogP contribution in [0.25, 0.3) is 22.2 Å². The Labute approximate surface area is 169 Å². The molecule has 0 spiro atoms. The van der Waals surface area contributed by atoms with Crippen LogP contribution >= 0.6 is 0 Å².